The monoisotopic (exact) mass is 294 g/mol. The molecule has 0 saturated heterocycles. The van der Waals surface area contributed by atoms with Crippen LogP contribution in [0.4, 0.5) is 0 Å². The number of hydrogen-bond acceptors (Lipinski definition) is 1. The van der Waals surface area contributed by atoms with Crippen molar-refractivity contribution < 1.29 is 4.79 Å². The van der Waals surface area contributed by atoms with Crippen molar-refractivity contribution in [3.05, 3.63) is 60.2 Å². The summed E-state index contributed by atoms with van der Waals surface area (Å²) >= 11 is 0. The fourth-order valence-corrected chi connectivity index (χ4v) is 3.00. The summed E-state index contributed by atoms with van der Waals surface area (Å²) in [5.41, 5.74) is 3.50. The maximum Gasteiger partial charge on any atom is 0.140 e. The van der Waals surface area contributed by atoms with E-state index in [9.17, 15) is 4.79 Å². The van der Waals surface area contributed by atoms with Gasteiger partial charge in [0.15, 0.2) is 0 Å². The highest BCUT2D eigenvalue weighted by Gasteiger charge is 2.19. The topological polar surface area (TPSA) is 17.1 Å². The maximum atomic E-state index is 12.7. The van der Waals surface area contributed by atoms with Gasteiger partial charge in [0, 0.05) is 12.3 Å². The van der Waals surface area contributed by atoms with Crippen LogP contribution in [0.2, 0.25) is 0 Å². The van der Waals surface area contributed by atoms with Crippen LogP contribution in [0, 0.1) is 11.8 Å². The minimum Gasteiger partial charge on any atom is -0.299 e. The van der Waals surface area contributed by atoms with Gasteiger partial charge in [0.2, 0.25) is 0 Å². The molecule has 0 aliphatic carbocycles. The third-order valence-electron chi connectivity index (χ3n) is 4.17. The number of carbonyl (C=O) groups is 1. The van der Waals surface area contributed by atoms with Gasteiger partial charge in [-0.2, -0.15) is 0 Å². The fourth-order valence-electron chi connectivity index (χ4n) is 3.00. The molecule has 2 rings (SSSR count). The van der Waals surface area contributed by atoms with E-state index < -0.39 is 0 Å². The Hall–Kier alpha value is -1.89. The van der Waals surface area contributed by atoms with E-state index in [1.165, 1.54) is 11.1 Å². The Morgan fingerprint density at radius 3 is 2.23 bits per heavy atom. The molecular weight excluding hydrogens is 268 g/mol. The normalized spacial score (nSPS) is 12.4. The van der Waals surface area contributed by atoms with Crippen LogP contribution >= 0.6 is 0 Å². The van der Waals surface area contributed by atoms with E-state index >= 15 is 0 Å². The average molecular weight is 294 g/mol. The molecule has 0 fully saturated rings. The molecule has 0 aliphatic rings. The second-order valence-corrected chi connectivity index (χ2v) is 6.40. The van der Waals surface area contributed by atoms with Crippen LogP contribution in [0.15, 0.2) is 54.6 Å². The number of benzene rings is 2. The smallest absolute Gasteiger partial charge is 0.140 e. The molecule has 1 heteroatoms. The largest absolute Gasteiger partial charge is 0.299 e. The highest BCUT2D eigenvalue weighted by Crippen LogP contribution is 2.26. The number of Topliss-reactive ketones (excluding diaryl/α,β-unsaturated/α-hetero) is 1. The van der Waals surface area contributed by atoms with Gasteiger partial charge in [-0.15, -0.1) is 0 Å². The molecule has 0 amide bonds. The highest BCUT2D eigenvalue weighted by atomic mass is 16.1. The molecule has 0 radical (unpaired) electrons. The molecular formula is C21H26O. The number of hydrogen-bond donors (Lipinski definition) is 0. The zero-order valence-electron chi connectivity index (χ0n) is 13.9. The third-order valence-corrected chi connectivity index (χ3v) is 4.17. The predicted octanol–water partition coefficient (Wildman–Crippen LogP) is 5.54. The molecule has 1 atom stereocenters. The minimum absolute atomic E-state index is 0.184. The first-order chi connectivity index (χ1) is 10.6. The lowest BCUT2D eigenvalue weighted by atomic mass is 9.86. The Bertz CT molecular complexity index is 598. The van der Waals surface area contributed by atoms with Crippen LogP contribution in [0.3, 0.4) is 0 Å². The average Bonchev–Trinajstić information content (AvgIpc) is 2.53. The van der Waals surface area contributed by atoms with E-state index in [0.29, 0.717) is 18.1 Å². The summed E-state index contributed by atoms with van der Waals surface area (Å²) in [6, 6.07) is 18.6. The quantitative estimate of drug-likeness (QED) is 0.655. The van der Waals surface area contributed by atoms with E-state index in [2.05, 4.69) is 45.0 Å². The summed E-state index contributed by atoms with van der Waals surface area (Å²) in [5.74, 6) is 1.13. The maximum absolute atomic E-state index is 12.7. The molecule has 0 heterocycles. The van der Waals surface area contributed by atoms with Gasteiger partial charge in [-0.25, -0.2) is 0 Å². The molecule has 1 unspecified atom stereocenters. The van der Waals surface area contributed by atoms with Crippen LogP contribution < -0.4 is 0 Å². The summed E-state index contributed by atoms with van der Waals surface area (Å²) in [6.45, 7) is 6.50. The molecule has 0 spiro atoms. The molecule has 0 aliphatic heterocycles. The van der Waals surface area contributed by atoms with Gasteiger partial charge in [-0.1, -0.05) is 75.4 Å². The Labute approximate surface area is 134 Å². The van der Waals surface area contributed by atoms with E-state index in [0.717, 1.165) is 18.4 Å². The van der Waals surface area contributed by atoms with Gasteiger partial charge in [0.05, 0.1) is 0 Å². The van der Waals surface area contributed by atoms with Gasteiger partial charge < -0.3 is 0 Å². The van der Waals surface area contributed by atoms with Crippen molar-refractivity contribution in [1.82, 2.24) is 0 Å². The molecule has 2 aromatic rings. The van der Waals surface area contributed by atoms with E-state index in [4.69, 9.17) is 0 Å². The van der Waals surface area contributed by atoms with Gasteiger partial charge in [-0.3, -0.25) is 4.79 Å². The first-order valence-corrected chi connectivity index (χ1v) is 8.27. The second-order valence-electron chi connectivity index (χ2n) is 6.40. The van der Waals surface area contributed by atoms with E-state index in [1.807, 2.05) is 30.3 Å². The summed E-state index contributed by atoms with van der Waals surface area (Å²) in [7, 11) is 0. The number of carbonyl (C=O) groups excluding carboxylic acids is 1. The summed E-state index contributed by atoms with van der Waals surface area (Å²) < 4.78 is 0. The van der Waals surface area contributed by atoms with Crippen molar-refractivity contribution in [3.63, 3.8) is 0 Å². The summed E-state index contributed by atoms with van der Waals surface area (Å²) in [4.78, 5) is 12.7. The standard InChI is InChI=1S/C21H26O/c1-4-17(14-16(2)3)21(22)15-19-12-8-9-13-20(19)18-10-6-5-7-11-18/h5-13,16-17H,4,14-15H2,1-3H3. The molecule has 0 N–H and O–H groups in total. The summed E-state index contributed by atoms with van der Waals surface area (Å²) in [6.07, 6.45) is 2.46. The van der Waals surface area contributed by atoms with Crippen molar-refractivity contribution >= 4 is 5.78 Å². The van der Waals surface area contributed by atoms with Gasteiger partial charge >= 0.3 is 0 Å². The zero-order chi connectivity index (χ0) is 15.9. The SMILES string of the molecule is CCC(CC(C)C)C(=O)Cc1ccccc1-c1ccccc1. The zero-order valence-corrected chi connectivity index (χ0v) is 13.9. The van der Waals surface area contributed by atoms with Crippen molar-refractivity contribution in [1.29, 1.82) is 0 Å². The van der Waals surface area contributed by atoms with E-state index in [1.54, 1.807) is 0 Å². The van der Waals surface area contributed by atoms with Crippen LogP contribution in [0.1, 0.15) is 39.2 Å². The Morgan fingerprint density at radius 1 is 0.955 bits per heavy atom. The van der Waals surface area contributed by atoms with Gasteiger partial charge in [0.1, 0.15) is 5.78 Å². The van der Waals surface area contributed by atoms with Crippen molar-refractivity contribution in [2.24, 2.45) is 11.8 Å². The second kappa shape index (κ2) is 7.93. The lowest BCUT2D eigenvalue weighted by Crippen LogP contribution is -2.18. The lowest BCUT2D eigenvalue weighted by molar-refractivity contribution is -0.122. The molecule has 2 aromatic carbocycles. The molecule has 22 heavy (non-hydrogen) atoms. The molecule has 0 saturated carbocycles. The number of ketones is 1. The van der Waals surface area contributed by atoms with Crippen LogP contribution in [0.25, 0.3) is 11.1 Å². The molecule has 116 valence electrons. The predicted molar refractivity (Wildman–Crippen MR) is 93.8 cm³/mol. The Morgan fingerprint density at radius 2 is 1.59 bits per heavy atom. The van der Waals surface area contributed by atoms with Crippen molar-refractivity contribution in [2.75, 3.05) is 0 Å². The minimum atomic E-state index is 0.184. The van der Waals surface area contributed by atoms with Crippen molar-refractivity contribution in [3.8, 4) is 11.1 Å². The molecule has 0 aromatic heterocycles. The van der Waals surface area contributed by atoms with Gasteiger partial charge in [0.25, 0.3) is 0 Å². The van der Waals surface area contributed by atoms with Crippen LogP contribution in [-0.4, -0.2) is 5.78 Å². The van der Waals surface area contributed by atoms with E-state index in [-0.39, 0.29) is 5.92 Å². The first kappa shape index (κ1) is 16.5. The van der Waals surface area contributed by atoms with Crippen LogP contribution in [-0.2, 0) is 11.2 Å². The highest BCUT2D eigenvalue weighted by molar-refractivity contribution is 5.85. The van der Waals surface area contributed by atoms with Gasteiger partial charge in [-0.05, 0) is 35.4 Å². The van der Waals surface area contributed by atoms with Crippen molar-refractivity contribution in [2.45, 2.75) is 40.0 Å². The Balaban J connectivity index is 2.21. The molecule has 0 bridgehead atoms. The summed E-state index contributed by atoms with van der Waals surface area (Å²) in [5, 5.41) is 0. The van der Waals surface area contributed by atoms with Crippen LogP contribution in [0.5, 0.6) is 0 Å². The first-order valence-electron chi connectivity index (χ1n) is 8.27. The number of rotatable bonds is 7. The third kappa shape index (κ3) is 4.30. The molecule has 1 nitrogen and oxygen atoms in total. The lowest BCUT2D eigenvalue weighted by Gasteiger charge is -2.17. The fraction of sp³-hybridized carbons (Fsp3) is 0.381. The Kier molecular flexibility index (Phi) is 5.94.